The third-order valence-corrected chi connectivity index (χ3v) is 9.75. The minimum absolute atomic E-state index is 0. The largest absolute Gasteiger partial charge is 1.00 e. The third-order valence-electron chi connectivity index (χ3n) is 9.75. The summed E-state index contributed by atoms with van der Waals surface area (Å²) in [6, 6.07) is 0. The van der Waals surface area contributed by atoms with Gasteiger partial charge in [-0.3, -0.25) is 9.59 Å². The van der Waals surface area contributed by atoms with Crippen molar-refractivity contribution >= 4 is 29.3 Å². The average Bonchev–Trinajstić information content (AvgIpc) is 2.74. The number of hydrogen-bond donors (Lipinski definition) is 2. The average molecular weight is 547 g/mol. The molecule has 0 amide bonds. The van der Waals surface area contributed by atoms with Crippen LogP contribution in [-0.4, -0.2) is 65.9 Å². The van der Waals surface area contributed by atoms with Crippen molar-refractivity contribution in [3.05, 3.63) is 0 Å². The fraction of sp³-hybridized carbons (Fsp3) is 0.933. The Bertz CT molecular complexity index is 690. The molecule has 216 valence electrons. The fourth-order valence-electron chi connectivity index (χ4n) is 8.20. The van der Waals surface area contributed by atoms with Gasteiger partial charge in [-0.2, -0.15) is 0 Å². The maximum Gasteiger partial charge on any atom is 1.00 e. The summed E-state index contributed by atoms with van der Waals surface area (Å²) in [6.07, 6.45) is 15.1. The predicted molar refractivity (Wildman–Crippen MR) is 151 cm³/mol. The first kappa shape index (κ1) is 36.0. The molecular formula is C30H56AlLiO6. The van der Waals surface area contributed by atoms with E-state index in [2.05, 4.69) is 13.8 Å². The van der Waals surface area contributed by atoms with Gasteiger partial charge in [0.25, 0.3) is 0 Å². The van der Waals surface area contributed by atoms with Gasteiger partial charge in [-0.1, -0.05) is 39.5 Å². The van der Waals surface area contributed by atoms with Crippen molar-refractivity contribution < 1.29 is 49.6 Å². The van der Waals surface area contributed by atoms with Crippen molar-refractivity contribution in [1.82, 2.24) is 0 Å². The van der Waals surface area contributed by atoms with Crippen molar-refractivity contribution in [1.29, 1.82) is 0 Å². The molecule has 38 heavy (non-hydrogen) atoms. The molecule has 0 aliphatic heterocycles. The minimum atomic E-state index is -0.708. The quantitative estimate of drug-likeness (QED) is 0.219. The Morgan fingerprint density at radius 1 is 0.737 bits per heavy atom. The molecule has 2 N–H and O–H groups in total. The van der Waals surface area contributed by atoms with Crippen molar-refractivity contribution in [2.45, 2.75) is 105 Å². The second kappa shape index (κ2) is 16.4. The molecular weight excluding hydrogens is 490 g/mol. The zero-order valence-corrected chi connectivity index (χ0v) is 24.3. The first-order valence-corrected chi connectivity index (χ1v) is 14.8. The monoisotopic (exact) mass is 546 g/mol. The summed E-state index contributed by atoms with van der Waals surface area (Å²) >= 11 is 0. The minimum Gasteiger partial charge on any atom is -1.00 e. The summed E-state index contributed by atoms with van der Waals surface area (Å²) in [4.78, 5) is 24.1. The molecule has 8 heteroatoms. The molecule has 0 aromatic heterocycles. The second-order valence-electron chi connectivity index (χ2n) is 12.6. The smallest absolute Gasteiger partial charge is 1.00 e. The summed E-state index contributed by atoms with van der Waals surface area (Å²) in [5.74, 6) is 1.20. The summed E-state index contributed by atoms with van der Waals surface area (Å²) in [7, 11) is 0. The Hall–Kier alpha value is -0.0101. The Labute approximate surface area is 255 Å². The van der Waals surface area contributed by atoms with Crippen LogP contribution in [0.4, 0.5) is 0 Å². The first-order chi connectivity index (χ1) is 17.3. The van der Waals surface area contributed by atoms with Gasteiger partial charge in [0.05, 0.1) is 13.2 Å². The fourth-order valence-corrected chi connectivity index (χ4v) is 8.20. The predicted octanol–water partition coefficient (Wildman–Crippen LogP) is 1.46. The van der Waals surface area contributed by atoms with Crippen LogP contribution in [0.15, 0.2) is 0 Å². The number of carbonyl (C=O) groups excluding carboxylic acids is 2. The molecule has 4 aliphatic carbocycles. The van der Waals surface area contributed by atoms with E-state index >= 15 is 0 Å². The van der Waals surface area contributed by atoms with E-state index in [4.69, 9.17) is 19.7 Å². The van der Waals surface area contributed by atoms with Crippen molar-refractivity contribution in [2.24, 2.45) is 46.3 Å². The number of hydrogen-bond acceptors (Lipinski definition) is 6. The van der Waals surface area contributed by atoms with Gasteiger partial charge in [-0.25, -0.2) is 0 Å². The molecule has 6 nitrogen and oxygen atoms in total. The van der Waals surface area contributed by atoms with Gasteiger partial charge in [0.2, 0.25) is 0 Å². The molecule has 0 saturated heterocycles. The maximum atomic E-state index is 12.1. The number of aliphatic hydroxyl groups excluding tert-OH is 2. The van der Waals surface area contributed by atoms with Crippen molar-refractivity contribution in [3.63, 3.8) is 0 Å². The molecule has 4 rings (SSSR count). The Morgan fingerprint density at radius 2 is 1.11 bits per heavy atom. The Kier molecular flexibility index (Phi) is 15.6. The van der Waals surface area contributed by atoms with Gasteiger partial charge in [-0.05, 0) is 99.7 Å². The summed E-state index contributed by atoms with van der Waals surface area (Å²) in [5.41, 5.74) is 1.06. The molecule has 0 aromatic rings. The molecule has 4 aliphatic rings. The summed E-state index contributed by atoms with van der Waals surface area (Å²) in [6.45, 7) is 8.98. The van der Waals surface area contributed by atoms with E-state index in [-0.39, 0.29) is 62.7 Å². The molecule has 4 saturated carbocycles. The Morgan fingerprint density at radius 3 is 1.42 bits per heavy atom. The van der Waals surface area contributed by atoms with Crippen LogP contribution in [0.3, 0.4) is 0 Å². The molecule has 2 spiro atoms. The zero-order chi connectivity index (χ0) is 26.3. The van der Waals surface area contributed by atoms with E-state index in [9.17, 15) is 9.59 Å². The van der Waals surface area contributed by atoms with E-state index in [1.165, 1.54) is 64.2 Å². The van der Waals surface area contributed by atoms with Crippen LogP contribution in [0.2, 0.25) is 0 Å². The second-order valence-corrected chi connectivity index (χ2v) is 12.6. The normalized spacial score (nSPS) is 32.4. The topological polar surface area (TPSA) is 93.1 Å². The van der Waals surface area contributed by atoms with Gasteiger partial charge in [0, 0.05) is 19.1 Å². The summed E-state index contributed by atoms with van der Waals surface area (Å²) in [5, 5.41) is 18.2. The molecule has 0 radical (unpaired) electrons. The van der Waals surface area contributed by atoms with Gasteiger partial charge < -0.3 is 21.1 Å². The van der Waals surface area contributed by atoms with Gasteiger partial charge in [0.1, 0.15) is 0 Å². The SMILES string of the molecule is CCCC1CC2(C1)CC(C(C(=O)OCC)C(=O)OCC)C2.CCCC1CC2(C1)CC(C(CO)CO)C2.[AlH3].[H-].[Li+]. The van der Waals surface area contributed by atoms with Crippen LogP contribution >= 0.6 is 0 Å². The molecule has 0 atom stereocenters. The van der Waals surface area contributed by atoms with Crippen LogP contribution in [0, 0.1) is 46.3 Å². The Balaban J connectivity index is 0.000000718. The number of aliphatic hydroxyl groups is 2. The van der Waals surface area contributed by atoms with Crippen LogP contribution in [0.5, 0.6) is 0 Å². The van der Waals surface area contributed by atoms with E-state index in [1.807, 2.05) is 0 Å². The van der Waals surface area contributed by atoms with Gasteiger partial charge in [-0.15, -0.1) is 0 Å². The van der Waals surface area contributed by atoms with E-state index < -0.39 is 17.9 Å². The molecule has 0 bridgehead atoms. The van der Waals surface area contributed by atoms with Gasteiger partial charge in [0.15, 0.2) is 23.3 Å². The van der Waals surface area contributed by atoms with Gasteiger partial charge >= 0.3 is 30.8 Å². The maximum absolute atomic E-state index is 12.1. The van der Waals surface area contributed by atoms with E-state index in [0.717, 1.165) is 24.7 Å². The van der Waals surface area contributed by atoms with Crippen LogP contribution < -0.4 is 18.9 Å². The van der Waals surface area contributed by atoms with E-state index in [1.54, 1.807) is 13.8 Å². The van der Waals surface area contributed by atoms with Crippen molar-refractivity contribution in [3.8, 4) is 0 Å². The van der Waals surface area contributed by atoms with Crippen LogP contribution in [0.25, 0.3) is 0 Å². The molecule has 0 heterocycles. The first-order valence-electron chi connectivity index (χ1n) is 14.8. The van der Waals surface area contributed by atoms with Crippen molar-refractivity contribution in [2.75, 3.05) is 26.4 Å². The number of esters is 2. The standard InChI is InChI=1S/C17H28O4.C13H24O2.Al.Li.4H/c1-4-7-12-8-17(9-12)10-13(11-17)14(15(18)20-5-2)16(19)21-6-3;1-2-3-10-4-13(5-10)6-11(7-13)12(8-14)9-15;;;;;;/h12-14H,4-11H2,1-3H3;10-12,14-15H,2-9H2,1H3;;;;;;/q;;;+1;;;;-1. The number of ether oxygens (including phenoxy) is 2. The zero-order valence-electron chi connectivity index (χ0n) is 25.3. The third kappa shape index (κ3) is 8.50. The molecule has 4 fully saturated rings. The number of rotatable bonds is 12. The molecule has 0 aromatic carbocycles. The van der Waals surface area contributed by atoms with Crippen LogP contribution in [-0.2, 0) is 19.1 Å². The van der Waals surface area contributed by atoms with E-state index in [0.29, 0.717) is 30.0 Å². The van der Waals surface area contributed by atoms with Crippen LogP contribution in [0.1, 0.15) is 106 Å². The summed E-state index contributed by atoms with van der Waals surface area (Å²) < 4.78 is 10.1. The molecule has 0 unspecified atom stereocenters. The number of carbonyl (C=O) groups is 2.